The minimum absolute atomic E-state index is 0.0882. The standard InChI is InChI=1S/C66H92N8O12/c1-39(2)30-51-63(79)83-44(10)60(76)70(12)54(33-42(7)8)66(82)86-56(36-47-16-15-17-48(34-47)38-74-29-27-68-58(74)50-24-25-50)62(78)72(14)52(31-40(3)4)64(80)84-43(9)59(75)69(11)53(32-41(5)6)65(81)85-55(61(77)71(51)13)35-45-18-20-46(21-19-45)37-73-28-26-67-57(73)49-22-23-49/h15-21,26-29,34,39-44,49-56H,22-25,30-33,35-38H2,1-14H3/t43-,44-,51+,52+,53+,54+,55-,56-/m1/s1. The van der Waals surface area contributed by atoms with Gasteiger partial charge in [-0.1, -0.05) is 104 Å². The maximum Gasteiger partial charge on any atom is 0.329 e. The number of cyclic esters (lactones) is 4. The second-order valence-electron chi connectivity index (χ2n) is 25.8. The molecule has 86 heavy (non-hydrogen) atoms. The Balaban J connectivity index is 1.25. The molecule has 0 spiro atoms. The van der Waals surface area contributed by atoms with Crippen molar-refractivity contribution in [1.29, 1.82) is 0 Å². The van der Waals surface area contributed by atoms with Crippen molar-refractivity contribution in [3.05, 3.63) is 107 Å². The molecule has 3 aliphatic rings. The molecule has 4 aromatic rings. The zero-order valence-electron chi connectivity index (χ0n) is 53.0. The Kier molecular flexibility index (Phi) is 22.6. The highest BCUT2D eigenvalue weighted by Gasteiger charge is 2.43. The van der Waals surface area contributed by atoms with Crippen LogP contribution in [0.2, 0.25) is 0 Å². The minimum Gasteiger partial charge on any atom is -0.451 e. The molecule has 1 aliphatic heterocycles. The lowest BCUT2D eigenvalue weighted by molar-refractivity contribution is -0.176. The van der Waals surface area contributed by atoms with E-state index in [2.05, 4.69) is 19.1 Å². The van der Waals surface area contributed by atoms with Gasteiger partial charge in [-0.25, -0.2) is 29.1 Å². The van der Waals surface area contributed by atoms with Crippen LogP contribution in [0.5, 0.6) is 0 Å². The highest BCUT2D eigenvalue weighted by molar-refractivity contribution is 5.94. The van der Waals surface area contributed by atoms with Crippen LogP contribution in [0.4, 0.5) is 0 Å². The van der Waals surface area contributed by atoms with Crippen molar-refractivity contribution < 1.29 is 57.3 Å². The van der Waals surface area contributed by atoms with Gasteiger partial charge in [-0.3, -0.25) is 19.2 Å². The first-order chi connectivity index (χ1) is 40.7. The fourth-order valence-electron chi connectivity index (χ4n) is 11.2. The molecule has 1 saturated heterocycles. The Morgan fingerprint density at radius 3 is 1.13 bits per heavy atom. The Morgan fingerprint density at radius 1 is 0.430 bits per heavy atom. The van der Waals surface area contributed by atoms with Gasteiger partial charge < -0.3 is 47.7 Å². The number of hydrogen-bond acceptors (Lipinski definition) is 14. The van der Waals surface area contributed by atoms with E-state index >= 15 is 9.59 Å². The quantitative estimate of drug-likeness (QED) is 0.0683. The molecule has 3 heterocycles. The van der Waals surface area contributed by atoms with Crippen LogP contribution in [0.25, 0.3) is 0 Å². The molecule has 0 N–H and O–H groups in total. The SMILES string of the molecule is CC(C)C[C@H]1C(=O)O[C@H](Cc2cccc(Cn3ccnc3C3CC3)c2)C(=O)N(C)[C@@H](CC(C)C)C(=O)O[C@H](C)C(=O)N(C)[C@@H](CC(C)C)C(=O)O[C@H](Cc2ccc(Cn3ccnc3C3CC3)cc2)C(=O)N(C)[C@@H](CC(C)C)C(=O)O[C@H](C)C(=O)N1C. The van der Waals surface area contributed by atoms with Gasteiger partial charge in [0.05, 0.1) is 0 Å². The number of carbonyl (C=O) groups is 8. The lowest BCUT2D eigenvalue weighted by atomic mass is 9.99. The van der Waals surface area contributed by atoms with E-state index in [0.29, 0.717) is 36.1 Å². The molecule has 2 aromatic heterocycles. The number of esters is 4. The number of imidazole rings is 2. The van der Waals surface area contributed by atoms with Crippen LogP contribution in [-0.4, -0.2) is 163 Å². The molecule has 468 valence electrons. The number of rotatable bonds is 18. The van der Waals surface area contributed by atoms with Gasteiger partial charge in [0.2, 0.25) is 0 Å². The Morgan fingerprint density at radius 2 is 0.756 bits per heavy atom. The summed E-state index contributed by atoms with van der Waals surface area (Å²) in [6, 6.07) is 10.0. The summed E-state index contributed by atoms with van der Waals surface area (Å²) in [5, 5.41) is 0. The number of likely N-dealkylation sites (N-methyl/N-ethyl adjacent to an activating group) is 4. The first-order valence-corrected chi connectivity index (χ1v) is 30.8. The number of aromatic nitrogens is 4. The fraction of sp³-hybridized carbons (Fsp3) is 0.606. The number of benzene rings is 2. The molecule has 0 bridgehead atoms. The van der Waals surface area contributed by atoms with Crippen molar-refractivity contribution in [3.63, 3.8) is 0 Å². The van der Waals surface area contributed by atoms with E-state index < -0.39 is 96.1 Å². The van der Waals surface area contributed by atoms with Gasteiger partial charge in [0.1, 0.15) is 35.8 Å². The van der Waals surface area contributed by atoms with Gasteiger partial charge in [0.15, 0.2) is 24.4 Å². The average Bonchev–Trinajstić information content (AvgIpc) is 2.34. The van der Waals surface area contributed by atoms with Crippen LogP contribution in [0.3, 0.4) is 0 Å². The van der Waals surface area contributed by atoms with Crippen LogP contribution >= 0.6 is 0 Å². The first-order valence-electron chi connectivity index (χ1n) is 30.8. The summed E-state index contributed by atoms with van der Waals surface area (Å²) in [5.41, 5.74) is 3.19. The number of amides is 4. The van der Waals surface area contributed by atoms with Gasteiger partial charge in [-0.2, -0.15) is 0 Å². The monoisotopic (exact) mass is 1190 g/mol. The second-order valence-corrected chi connectivity index (χ2v) is 25.8. The molecule has 2 aliphatic carbocycles. The molecular formula is C66H92N8O12. The van der Waals surface area contributed by atoms with Crippen molar-refractivity contribution in [2.24, 2.45) is 23.7 Å². The fourth-order valence-corrected chi connectivity index (χ4v) is 11.2. The molecule has 3 fully saturated rings. The van der Waals surface area contributed by atoms with Gasteiger partial charge in [-0.15, -0.1) is 0 Å². The number of carbonyl (C=O) groups excluding carboxylic acids is 8. The molecule has 2 saturated carbocycles. The Labute approximate surface area is 507 Å². The van der Waals surface area contributed by atoms with Crippen molar-refractivity contribution in [3.8, 4) is 0 Å². The minimum atomic E-state index is -1.53. The molecule has 20 heteroatoms. The smallest absolute Gasteiger partial charge is 0.329 e. The lowest BCUT2D eigenvalue weighted by Crippen LogP contribution is -2.55. The normalized spacial score (nSPS) is 24.2. The highest BCUT2D eigenvalue weighted by atomic mass is 16.6. The largest absolute Gasteiger partial charge is 0.451 e. The van der Waals surface area contributed by atoms with E-state index in [1.807, 2.05) is 116 Å². The molecule has 20 nitrogen and oxygen atoms in total. The predicted molar refractivity (Wildman–Crippen MR) is 322 cm³/mol. The van der Waals surface area contributed by atoms with Gasteiger partial charge in [-0.05, 0) is 111 Å². The van der Waals surface area contributed by atoms with Crippen molar-refractivity contribution >= 4 is 47.5 Å². The Hall–Kier alpha value is -7.38. The summed E-state index contributed by atoms with van der Waals surface area (Å²) < 4.78 is 28.7. The summed E-state index contributed by atoms with van der Waals surface area (Å²) in [4.78, 5) is 132. The molecule has 0 radical (unpaired) electrons. The van der Waals surface area contributed by atoms with Gasteiger partial charge in [0.25, 0.3) is 23.6 Å². The van der Waals surface area contributed by atoms with Gasteiger partial charge in [0, 0.05) is 90.7 Å². The van der Waals surface area contributed by atoms with E-state index in [9.17, 15) is 28.8 Å². The average molecular weight is 1190 g/mol. The van der Waals surface area contributed by atoms with E-state index in [1.165, 1.54) is 51.8 Å². The molecule has 2 aromatic carbocycles. The third kappa shape index (κ3) is 17.4. The second kappa shape index (κ2) is 29.3. The molecule has 0 unspecified atom stereocenters. The number of ether oxygens (including phenoxy) is 4. The highest BCUT2D eigenvalue weighted by Crippen LogP contribution is 2.40. The molecule has 8 atom stereocenters. The van der Waals surface area contributed by atoms with E-state index in [-0.39, 0.29) is 62.2 Å². The van der Waals surface area contributed by atoms with E-state index in [1.54, 1.807) is 12.4 Å². The van der Waals surface area contributed by atoms with Crippen molar-refractivity contribution in [1.82, 2.24) is 38.7 Å². The summed E-state index contributed by atoms with van der Waals surface area (Å²) >= 11 is 0. The maximum absolute atomic E-state index is 15.2. The topological polar surface area (TPSA) is 222 Å². The van der Waals surface area contributed by atoms with Crippen LogP contribution in [0, 0.1) is 23.7 Å². The zero-order valence-corrected chi connectivity index (χ0v) is 53.0. The third-order valence-corrected chi connectivity index (χ3v) is 16.4. The lowest BCUT2D eigenvalue weighted by Gasteiger charge is -2.35. The van der Waals surface area contributed by atoms with Crippen molar-refractivity contribution in [2.75, 3.05) is 28.2 Å². The van der Waals surface area contributed by atoms with Gasteiger partial charge >= 0.3 is 23.9 Å². The summed E-state index contributed by atoms with van der Waals surface area (Å²) in [5.74, 6) is -4.44. The first kappa shape index (κ1) is 66.2. The Bertz CT molecular complexity index is 3000. The molecular weight excluding hydrogens is 1100 g/mol. The number of hydrogen-bond donors (Lipinski definition) is 0. The summed E-state index contributed by atoms with van der Waals surface area (Å²) in [7, 11) is 5.64. The summed E-state index contributed by atoms with van der Waals surface area (Å²) in [6.45, 7) is 18.8. The van der Waals surface area contributed by atoms with E-state index in [0.717, 1.165) is 58.3 Å². The summed E-state index contributed by atoms with van der Waals surface area (Å²) in [6.07, 6.45) is 5.90. The van der Waals surface area contributed by atoms with Crippen LogP contribution < -0.4 is 0 Å². The zero-order chi connectivity index (χ0) is 62.8. The number of nitrogens with zero attached hydrogens (tertiary/aromatic N) is 8. The maximum atomic E-state index is 15.2. The van der Waals surface area contributed by atoms with Crippen LogP contribution in [0.1, 0.15) is 166 Å². The van der Waals surface area contributed by atoms with Crippen molar-refractivity contribution in [2.45, 2.75) is 207 Å². The van der Waals surface area contributed by atoms with E-state index in [4.69, 9.17) is 18.9 Å². The van der Waals surface area contributed by atoms with Crippen LogP contribution in [0.15, 0.2) is 73.3 Å². The predicted octanol–water partition coefficient (Wildman–Crippen LogP) is 7.91. The molecule has 4 amide bonds. The van der Waals surface area contributed by atoms with Crippen LogP contribution in [-0.2, 0) is 83.2 Å². The third-order valence-electron chi connectivity index (χ3n) is 16.4. The molecule has 7 rings (SSSR count).